The zero-order chi connectivity index (χ0) is 21.7. The van der Waals surface area contributed by atoms with Crippen LogP contribution in [0.2, 0.25) is 0 Å². The Kier molecular flexibility index (Phi) is 14.2. The Morgan fingerprint density at radius 2 is 0.893 bits per heavy atom. The topological polar surface area (TPSA) is 64.7 Å². The van der Waals surface area contributed by atoms with Gasteiger partial charge in [0, 0.05) is 63.2 Å². The number of amides is 2. The van der Waals surface area contributed by atoms with Gasteiger partial charge in [0.15, 0.2) is 0 Å². The third-order valence-corrected chi connectivity index (χ3v) is 5.10. The molecule has 0 aliphatic carbocycles. The van der Waals surface area contributed by atoms with Crippen LogP contribution in [0.4, 0.5) is 0 Å². The first-order valence-corrected chi connectivity index (χ1v) is 11.1. The first-order valence-electron chi connectivity index (χ1n) is 11.1. The minimum absolute atomic E-state index is 0.0809. The summed E-state index contributed by atoms with van der Waals surface area (Å²) in [5, 5.41) is 5.98. The SMILES string of the molecule is CC(C)N(CCNC(=O)CCCCC(=O)NCCN(C(C)C)C(C)C)C(C)C. The molecule has 0 spiro atoms. The van der Waals surface area contributed by atoms with Crippen LogP contribution in [-0.4, -0.2) is 72.0 Å². The summed E-state index contributed by atoms with van der Waals surface area (Å²) >= 11 is 0. The van der Waals surface area contributed by atoms with E-state index in [2.05, 4.69) is 75.8 Å². The number of hydrogen-bond acceptors (Lipinski definition) is 4. The standard InChI is InChI=1S/C22H46N4O2/c1-17(2)25(18(3)4)15-13-23-21(27)11-9-10-12-22(28)24-14-16-26(19(5)6)20(7)8/h17-20H,9-16H2,1-8H3,(H,23,27)(H,24,28). The van der Waals surface area contributed by atoms with E-state index in [0.29, 0.717) is 50.1 Å². The molecule has 2 amide bonds. The van der Waals surface area contributed by atoms with Gasteiger partial charge < -0.3 is 10.6 Å². The summed E-state index contributed by atoms with van der Waals surface area (Å²) in [6.45, 7) is 20.5. The molecule has 0 saturated heterocycles. The number of carbonyl (C=O) groups excluding carboxylic acids is 2. The quantitative estimate of drug-likeness (QED) is 0.416. The Morgan fingerprint density at radius 3 is 1.14 bits per heavy atom. The lowest BCUT2D eigenvalue weighted by Gasteiger charge is -2.30. The van der Waals surface area contributed by atoms with Crippen LogP contribution in [0.5, 0.6) is 0 Å². The van der Waals surface area contributed by atoms with Crippen molar-refractivity contribution in [2.75, 3.05) is 26.2 Å². The lowest BCUT2D eigenvalue weighted by atomic mass is 10.1. The van der Waals surface area contributed by atoms with E-state index >= 15 is 0 Å². The average Bonchev–Trinajstić information content (AvgIpc) is 2.57. The number of carbonyl (C=O) groups is 2. The molecule has 6 nitrogen and oxygen atoms in total. The summed E-state index contributed by atoms with van der Waals surface area (Å²) in [5.74, 6) is 0.162. The Bertz CT molecular complexity index is 380. The van der Waals surface area contributed by atoms with Gasteiger partial charge in [0.2, 0.25) is 11.8 Å². The van der Waals surface area contributed by atoms with Gasteiger partial charge in [-0.15, -0.1) is 0 Å². The fourth-order valence-electron chi connectivity index (χ4n) is 3.62. The minimum atomic E-state index is 0.0809. The molecule has 2 N–H and O–H groups in total. The van der Waals surface area contributed by atoms with Crippen LogP contribution in [-0.2, 0) is 9.59 Å². The monoisotopic (exact) mass is 398 g/mol. The van der Waals surface area contributed by atoms with Gasteiger partial charge in [-0.25, -0.2) is 0 Å². The number of unbranched alkanes of at least 4 members (excludes halogenated alkanes) is 1. The molecule has 0 fully saturated rings. The Labute approximate surface area is 173 Å². The molecule has 0 aliphatic rings. The van der Waals surface area contributed by atoms with Crippen LogP contribution < -0.4 is 10.6 Å². The number of nitrogens with zero attached hydrogens (tertiary/aromatic N) is 2. The molecule has 0 heterocycles. The largest absolute Gasteiger partial charge is 0.355 e. The molecule has 0 bridgehead atoms. The third kappa shape index (κ3) is 12.3. The number of nitrogens with one attached hydrogen (secondary N) is 2. The van der Waals surface area contributed by atoms with E-state index in [4.69, 9.17) is 0 Å². The van der Waals surface area contributed by atoms with Crippen LogP contribution in [0.15, 0.2) is 0 Å². The fraction of sp³-hybridized carbons (Fsp3) is 0.909. The van der Waals surface area contributed by atoms with Crippen LogP contribution in [0.25, 0.3) is 0 Å². The lowest BCUT2D eigenvalue weighted by molar-refractivity contribution is -0.123. The molecule has 0 aromatic rings. The van der Waals surface area contributed by atoms with E-state index < -0.39 is 0 Å². The van der Waals surface area contributed by atoms with Gasteiger partial charge in [-0.2, -0.15) is 0 Å². The van der Waals surface area contributed by atoms with E-state index in [0.717, 1.165) is 25.9 Å². The van der Waals surface area contributed by atoms with Crippen molar-refractivity contribution in [1.29, 1.82) is 0 Å². The summed E-state index contributed by atoms with van der Waals surface area (Å²) in [5.41, 5.74) is 0. The summed E-state index contributed by atoms with van der Waals surface area (Å²) in [6, 6.07) is 1.90. The predicted octanol–water partition coefficient (Wildman–Crippen LogP) is 3.02. The van der Waals surface area contributed by atoms with E-state index in [1.807, 2.05) is 0 Å². The molecule has 0 rings (SSSR count). The zero-order valence-corrected chi connectivity index (χ0v) is 19.7. The maximum atomic E-state index is 11.9. The maximum Gasteiger partial charge on any atom is 0.220 e. The fourth-order valence-corrected chi connectivity index (χ4v) is 3.62. The Morgan fingerprint density at radius 1 is 0.607 bits per heavy atom. The van der Waals surface area contributed by atoms with Crippen molar-refractivity contribution in [2.45, 2.75) is 105 Å². The van der Waals surface area contributed by atoms with Crippen molar-refractivity contribution in [3.05, 3.63) is 0 Å². The molecule has 0 radical (unpaired) electrons. The van der Waals surface area contributed by atoms with Crippen LogP contribution >= 0.6 is 0 Å². The van der Waals surface area contributed by atoms with Gasteiger partial charge in [-0.1, -0.05) is 0 Å². The molecule has 0 aromatic carbocycles. The normalized spacial score (nSPS) is 12.1. The number of rotatable bonds is 15. The van der Waals surface area contributed by atoms with Crippen molar-refractivity contribution in [3.8, 4) is 0 Å². The number of hydrogen-bond donors (Lipinski definition) is 2. The molecule has 0 atom stereocenters. The van der Waals surface area contributed by atoms with E-state index in [1.54, 1.807) is 0 Å². The molecule has 0 unspecified atom stereocenters. The molecule has 0 aromatic heterocycles. The van der Waals surface area contributed by atoms with Crippen LogP contribution in [0, 0.1) is 0 Å². The highest BCUT2D eigenvalue weighted by Crippen LogP contribution is 2.05. The highest BCUT2D eigenvalue weighted by atomic mass is 16.2. The van der Waals surface area contributed by atoms with Crippen molar-refractivity contribution in [2.24, 2.45) is 0 Å². The highest BCUT2D eigenvalue weighted by Gasteiger charge is 2.14. The van der Waals surface area contributed by atoms with Gasteiger partial charge >= 0.3 is 0 Å². The van der Waals surface area contributed by atoms with Gasteiger partial charge in [0.25, 0.3) is 0 Å². The molecule has 0 saturated carbocycles. The Balaban J connectivity index is 3.83. The van der Waals surface area contributed by atoms with Gasteiger partial charge in [-0.3, -0.25) is 19.4 Å². The molecule has 28 heavy (non-hydrogen) atoms. The minimum Gasteiger partial charge on any atom is -0.355 e. The smallest absolute Gasteiger partial charge is 0.220 e. The summed E-state index contributed by atoms with van der Waals surface area (Å²) in [4.78, 5) is 28.6. The summed E-state index contributed by atoms with van der Waals surface area (Å²) < 4.78 is 0. The Hall–Kier alpha value is -1.14. The highest BCUT2D eigenvalue weighted by molar-refractivity contribution is 5.77. The van der Waals surface area contributed by atoms with E-state index in [1.165, 1.54) is 0 Å². The maximum absolute atomic E-state index is 11.9. The van der Waals surface area contributed by atoms with Crippen molar-refractivity contribution >= 4 is 11.8 Å². The molecule has 6 heteroatoms. The average molecular weight is 399 g/mol. The van der Waals surface area contributed by atoms with E-state index in [-0.39, 0.29) is 11.8 Å². The van der Waals surface area contributed by atoms with Crippen LogP contribution in [0.1, 0.15) is 81.1 Å². The molecule has 0 aliphatic heterocycles. The first kappa shape index (κ1) is 26.9. The van der Waals surface area contributed by atoms with Crippen LogP contribution in [0.3, 0.4) is 0 Å². The van der Waals surface area contributed by atoms with Crippen molar-refractivity contribution in [1.82, 2.24) is 20.4 Å². The lowest BCUT2D eigenvalue weighted by Crippen LogP contribution is -2.42. The van der Waals surface area contributed by atoms with Gasteiger partial charge in [-0.05, 0) is 68.2 Å². The summed E-state index contributed by atoms with van der Waals surface area (Å²) in [6.07, 6.45) is 2.49. The second-order valence-electron chi connectivity index (χ2n) is 8.76. The molecular weight excluding hydrogens is 352 g/mol. The molecule has 166 valence electrons. The zero-order valence-electron chi connectivity index (χ0n) is 19.7. The van der Waals surface area contributed by atoms with Gasteiger partial charge in [0.1, 0.15) is 0 Å². The van der Waals surface area contributed by atoms with Gasteiger partial charge in [0.05, 0.1) is 0 Å². The second kappa shape index (κ2) is 14.8. The second-order valence-corrected chi connectivity index (χ2v) is 8.76. The summed E-state index contributed by atoms with van der Waals surface area (Å²) in [7, 11) is 0. The van der Waals surface area contributed by atoms with Crippen molar-refractivity contribution < 1.29 is 9.59 Å². The van der Waals surface area contributed by atoms with Crippen molar-refractivity contribution in [3.63, 3.8) is 0 Å². The predicted molar refractivity (Wildman–Crippen MR) is 118 cm³/mol. The molecular formula is C22H46N4O2. The third-order valence-electron chi connectivity index (χ3n) is 5.10. The van der Waals surface area contributed by atoms with E-state index in [9.17, 15) is 9.59 Å². The first-order chi connectivity index (χ1) is 13.1.